The molecule has 0 radical (unpaired) electrons. The van der Waals surface area contributed by atoms with E-state index < -0.39 is 6.04 Å². The molecule has 3 rings (SSSR count). The second kappa shape index (κ2) is 8.63. The average Bonchev–Trinajstić information content (AvgIpc) is 2.64. The molecule has 5 nitrogen and oxygen atoms in total. The van der Waals surface area contributed by atoms with Gasteiger partial charge < -0.3 is 15.4 Å². The predicted molar refractivity (Wildman–Crippen MR) is 107 cm³/mol. The molecule has 1 amide bonds. The lowest BCUT2D eigenvalue weighted by molar-refractivity contribution is -0.123. The van der Waals surface area contributed by atoms with Crippen molar-refractivity contribution in [2.75, 3.05) is 11.9 Å². The van der Waals surface area contributed by atoms with Crippen LogP contribution in [-0.4, -0.2) is 30.4 Å². The quantitative estimate of drug-likeness (QED) is 0.748. The van der Waals surface area contributed by atoms with E-state index in [0.717, 1.165) is 18.5 Å². The van der Waals surface area contributed by atoms with E-state index in [1.807, 2.05) is 25.1 Å². The summed E-state index contributed by atoms with van der Waals surface area (Å²) in [6.07, 6.45) is 1.64. The molecule has 2 aromatic rings. The molecule has 142 valence electrons. The fraction of sp³-hybridized carbons (Fsp3) is 0.300. The molecular formula is C20H20Cl2N2O3. The van der Waals surface area contributed by atoms with Gasteiger partial charge in [-0.05, 0) is 36.8 Å². The maximum atomic E-state index is 12.9. The molecule has 1 aliphatic rings. The average molecular weight is 407 g/mol. The number of fused-ring (bicyclic) bond motifs is 1. The molecular weight excluding hydrogens is 387 g/mol. The van der Waals surface area contributed by atoms with Gasteiger partial charge in [-0.2, -0.15) is 0 Å². The molecule has 2 aromatic carbocycles. The van der Waals surface area contributed by atoms with Crippen molar-refractivity contribution in [1.29, 1.82) is 0 Å². The number of rotatable bonds is 6. The van der Waals surface area contributed by atoms with Gasteiger partial charge in [-0.15, -0.1) is 0 Å². The maximum absolute atomic E-state index is 12.9. The third-order valence-corrected chi connectivity index (χ3v) is 4.92. The van der Waals surface area contributed by atoms with Gasteiger partial charge in [-0.25, -0.2) is 0 Å². The lowest BCUT2D eigenvalue weighted by Crippen LogP contribution is -2.55. The van der Waals surface area contributed by atoms with Crippen LogP contribution in [0.2, 0.25) is 10.0 Å². The summed E-state index contributed by atoms with van der Waals surface area (Å²) in [7, 11) is 0. The minimum atomic E-state index is -0.642. The first-order valence-electron chi connectivity index (χ1n) is 8.76. The number of ketones is 1. The van der Waals surface area contributed by atoms with Crippen molar-refractivity contribution < 1.29 is 14.3 Å². The van der Waals surface area contributed by atoms with Gasteiger partial charge in [-0.1, -0.05) is 48.7 Å². The Bertz CT molecular complexity index is 857. The summed E-state index contributed by atoms with van der Waals surface area (Å²) in [6.45, 7) is 1.79. The normalized spacial score (nSPS) is 18.4. The van der Waals surface area contributed by atoms with E-state index in [4.69, 9.17) is 27.9 Å². The first-order valence-corrected chi connectivity index (χ1v) is 9.52. The van der Waals surface area contributed by atoms with Crippen LogP contribution in [0, 0.1) is 0 Å². The number of ether oxygens (including phenoxy) is 1. The van der Waals surface area contributed by atoms with Crippen molar-refractivity contribution in [2.45, 2.75) is 31.8 Å². The molecule has 0 fully saturated rings. The van der Waals surface area contributed by atoms with Crippen LogP contribution in [-0.2, 0) is 4.79 Å². The molecule has 0 saturated carbocycles. The van der Waals surface area contributed by atoms with Crippen molar-refractivity contribution in [3.05, 3.63) is 58.1 Å². The van der Waals surface area contributed by atoms with Crippen molar-refractivity contribution in [3.8, 4) is 5.75 Å². The van der Waals surface area contributed by atoms with Crippen molar-refractivity contribution in [2.24, 2.45) is 0 Å². The Kier molecular flexibility index (Phi) is 6.24. The number of hydrogen-bond donors (Lipinski definition) is 2. The highest BCUT2D eigenvalue weighted by atomic mass is 35.5. The zero-order valence-corrected chi connectivity index (χ0v) is 16.3. The highest BCUT2D eigenvalue weighted by Crippen LogP contribution is 2.28. The molecule has 0 spiro atoms. The van der Waals surface area contributed by atoms with E-state index in [-0.39, 0.29) is 24.3 Å². The summed E-state index contributed by atoms with van der Waals surface area (Å²) in [6, 6.07) is 11.3. The van der Waals surface area contributed by atoms with Crippen molar-refractivity contribution in [3.63, 3.8) is 0 Å². The maximum Gasteiger partial charge on any atom is 0.258 e. The lowest BCUT2D eigenvalue weighted by atomic mass is 9.89. The number of anilines is 1. The van der Waals surface area contributed by atoms with Crippen LogP contribution < -0.4 is 15.4 Å². The highest BCUT2D eigenvalue weighted by Gasteiger charge is 2.35. The standard InChI is InChI=1S/C20H20Cl2N2O3/c1-2-5-16-19(20(26)13-6-3-4-7-15(13)23-16)24-18(25)11-27-17-9-8-12(21)10-14(17)22/h3-4,6-10,16,19,23H,2,5,11H2,1H3,(H,24,25)/t16-,19+/m0/s1. The van der Waals surface area contributed by atoms with Gasteiger partial charge >= 0.3 is 0 Å². The summed E-state index contributed by atoms with van der Waals surface area (Å²) < 4.78 is 5.46. The number of Topliss-reactive ketones (excluding diaryl/α,β-unsaturated/α-hetero) is 1. The van der Waals surface area contributed by atoms with Crippen LogP contribution in [0.3, 0.4) is 0 Å². The van der Waals surface area contributed by atoms with Crippen LogP contribution in [0.15, 0.2) is 42.5 Å². The second-order valence-electron chi connectivity index (χ2n) is 6.36. The minimum absolute atomic E-state index is 0.0966. The number of nitrogens with one attached hydrogen (secondary N) is 2. The fourth-order valence-electron chi connectivity index (χ4n) is 3.12. The summed E-state index contributed by atoms with van der Waals surface area (Å²) in [5, 5.41) is 6.97. The monoisotopic (exact) mass is 406 g/mol. The summed E-state index contributed by atoms with van der Waals surface area (Å²) in [5.74, 6) is -0.123. The number of benzene rings is 2. The van der Waals surface area contributed by atoms with E-state index in [0.29, 0.717) is 21.4 Å². The molecule has 0 saturated heterocycles. The molecule has 0 bridgehead atoms. The van der Waals surface area contributed by atoms with E-state index in [1.165, 1.54) is 0 Å². The summed E-state index contributed by atoms with van der Waals surface area (Å²) in [4.78, 5) is 25.3. The molecule has 27 heavy (non-hydrogen) atoms. The SMILES string of the molecule is CCC[C@@H]1Nc2ccccc2C(=O)[C@@H]1NC(=O)COc1ccc(Cl)cc1Cl. The Morgan fingerprint density at radius 3 is 2.74 bits per heavy atom. The first-order chi connectivity index (χ1) is 13.0. The van der Waals surface area contributed by atoms with E-state index in [1.54, 1.807) is 24.3 Å². The third kappa shape index (κ3) is 4.54. The second-order valence-corrected chi connectivity index (χ2v) is 7.20. The van der Waals surface area contributed by atoms with Crippen LogP contribution in [0.4, 0.5) is 5.69 Å². The Hall–Kier alpha value is -2.24. The van der Waals surface area contributed by atoms with Crippen LogP contribution in [0.5, 0.6) is 5.75 Å². The molecule has 2 atom stereocenters. The Labute approximate surface area is 168 Å². The van der Waals surface area contributed by atoms with Crippen LogP contribution in [0.25, 0.3) is 0 Å². The number of carbonyl (C=O) groups excluding carboxylic acids is 2. The van der Waals surface area contributed by atoms with Crippen molar-refractivity contribution in [1.82, 2.24) is 5.32 Å². The number of para-hydroxylation sites is 1. The number of amides is 1. The van der Waals surface area contributed by atoms with Gasteiger partial charge in [0.1, 0.15) is 11.8 Å². The zero-order valence-electron chi connectivity index (χ0n) is 14.8. The van der Waals surface area contributed by atoms with E-state index >= 15 is 0 Å². The van der Waals surface area contributed by atoms with Gasteiger partial charge in [0.05, 0.1) is 11.1 Å². The van der Waals surface area contributed by atoms with Gasteiger partial charge in [0.2, 0.25) is 0 Å². The van der Waals surface area contributed by atoms with Crippen LogP contribution >= 0.6 is 23.2 Å². The van der Waals surface area contributed by atoms with Gasteiger partial charge in [0.25, 0.3) is 5.91 Å². The Morgan fingerprint density at radius 2 is 2.00 bits per heavy atom. The first kappa shape index (κ1) is 19.5. The molecule has 0 unspecified atom stereocenters. The van der Waals surface area contributed by atoms with Gasteiger partial charge in [0.15, 0.2) is 12.4 Å². The third-order valence-electron chi connectivity index (χ3n) is 4.39. The molecule has 0 aliphatic carbocycles. The molecule has 7 heteroatoms. The predicted octanol–water partition coefficient (Wildman–Crippen LogP) is 4.33. The largest absolute Gasteiger partial charge is 0.482 e. The minimum Gasteiger partial charge on any atom is -0.482 e. The highest BCUT2D eigenvalue weighted by molar-refractivity contribution is 6.35. The number of hydrogen-bond acceptors (Lipinski definition) is 4. The number of halogens is 2. The van der Waals surface area contributed by atoms with E-state index in [9.17, 15) is 9.59 Å². The fourth-order valence-corrected chi connectivity index (χ4v) is 3.59. The summed E-state index contributed by atoms with van der Waals surface area (Å²) in [5.41, 5.74) is 1.38. The zero-order chi connectivity index (χ0) is 19.4. The summed E-state index contributed by atoms with van der Waals surface area (Å²) >= 11 is 11.9. The molecule has 0 aromatic heterocycles. The molecule has 2 N–H and O–H groups in total. The smallest absolute Gasteiger partial charge is 0.258 e. The Balaban J connectivity index is 1.68. The Morgan fingerprint density at radius 1 is 1.22 bits per heavy atom. The van der Waals surface area contributed by atoms with Gasteiger partial charge in [-0.3, -0.25) is 9.59 Å². The van der Waals surface area contributed by atoms with Gasteiger partial charge in [0, 0.05) is 16.3 Å². The topological polar surface area (TPSA) is 67.4 Å². The number of carbonyl (C=O) groups is 2. The molecule has 1 aliphatic heterocycles. The molecule has 1 heterocycles. The lowest BCUT2D eigenvalue weighted by Gasteiger charge is -2.34. The van der Waals surface area contributed by atoms with Crippen molar-refractivity contribution >= 4 is 40.6 Å². The van der Waals surface area contributed by atoms with E-state index in [2.05, 4.69) is 10.6 Å². The van der Waals surface area contributed by atoms with Crippen LogP contribution in [0.1, 0.15) is 30.1 Å².